The van der Waals surface area contributed by atoms with Gasteiger partial charge in [-0.05, 0) is 37.8 Å². The van der Waals surface area contributed by atoms with Gasteiger partial charge in [-0.3, -0.25) is 0 Å². The zero-order chi connectivity index (χ0) is 15.6. The molecule has 0 bridgehead atoms. The van der Waals surface area contributed by atoms with Gasteiger partial charge in [0.05, 0.1) is 18.0 Å². The lowest BCUT2D eigenvalue weighted by atomic mass is 10.0. The van der Waals surface area contributed by atoms with Crippen molar-refractivity contribution in [3.05, 3.63) is 35.8 Å². The van der Waals surface area contributed by atoms with E-state index in [0.717, 1.165) is 29.9 Å². The first kappa shape index (κ1) is 15.5. The van der Waals surface area contributed by atoms with Gasteiger partial charge in [-0.15, -0.1) is 0 Å². The van der Waals surface area contributed by atoms with Crippen LogP contribution in [0.4, 0.5) is 0 Å². The number of pyridine rings is 1. The molecule has 0 amide bonds. The van der Waals surface area contributed by atoms with E-state index >= 15 is 0 Å². The van der Waals surface area contributed by atoms with E-state index in [9.17, 15) is 8.42 Å². The smallest absolute Gasteiger partial charge is 0.212 e. The number of nitrogens with zero attached hydrogens (tertiary/aromatic N) is 2. The molecule has 6 nitrogen and oxygen atoms in total. The fourth-order valence-electron chi connectivity index (χ4n) is 2.75. The van der Waals surface area contributed by atoms with E-state index in [2.05, 4.69) is 9.71 Å². The molecule has 1 aliphatic rings. The normalized spacial score (nSPS) is 17.1. The third-order valence-corrected chi connectivity index (χ3v) is 5.51. The van der Waals surface area contributed by atoms with Crippen LogP contribution in [0.25, 0.3) is 5.65 Å². The summed E-state index contributed by atoms with van der Waals surface area (Å²) >= 11 is 0. The van der Waals surface area contributed by atoms with E-state index < -0.39 is 10.0 Å². The summed E-state index contributed by atoms with van der Waals surface area (Å²) in [4.78, 5) is 4.44. The molecule has 22 heavy (non-hydrogen) atoms. The maximum Gasteiger partial charge on any atom is 0.212 e. The van der Waals surface area contributed by atoms with Gasteiger partial charge >= 0.3 is 0 Å². The zero-order valence-electron chi connectivity index (χ0n) is 12.7. The van der Waals surface area contributed by atoms with Crippen LogP contribution in [-0.2, 0) is 21.3 Å². The minimum atomic E-state index is -3.28. The molecule has 1 aliphatic heterocycles. The second kappa shape index (κ2) is 6.36. The Morgan fingerprint density at radius 2 is 2.14 bits per heavy atom. The van der Waals surface area contributed by atoms with Gasteiger partial charge in [-0.1, -0.05) is 6.07 Å². The number of aryl methyl sites for hydroxylation is 1. The van der Waals surface area contributed by atoms with Crippen LogP contribution in [0.2, 0.25) is 0 Å². The summed E-state index contributed by atoms with van der Waals surface area (Å²) in [6.07, 6.45) is 3.50. The second-order valence-corrected chi connectivity index (χ2v) is 7.64. The number of rotatable bonds is 5. The van der Waals surface area contributed by atoms with Gasteiger partial charge in [0.2, 0.25) is 10.0 Å². The van der Waals surface area contributed by atoms with Crippen LogP contribution in [0.1, 0.15) is 24.2 Å². The molecule has 3 rings (SSSR count). The van der Waals surface area contributed by atoms with Gasteiger partial charge in [-0.25, -0.2) is 18.1 Å². The van der Waals surface area contributed by atoms with Crippen LogP contribution in [0.3, 0.4) is 0 Å². The second-order valence-electron chi connectivity index (χ2n) is 5.79. The third-order valence-electron chi connectivity index (χ3n) is 4.02. The van der Waals surface area contributed by atoms with Crippen molar-refractivity contribution in [2.75, 3.05) is 19.0 Å². The van der Waals surface area contributed by atoms with Crippen molar-refractivity contribution in [3.63, 3.8) is 0 Å². The summed E-state index contributed by atoms with van der Waals surface area (Å²) in [5, 5.41) is 0. The molecule has 0 unspecified atom stereocenters. The van der Waals surface area contributed by atoms with Gasteiger partial charge in [0.15, 0.2) is 0 Å². The van der Waals surface area contributed by atoms with Crippen molar-refractivity contribution < 1.29 is 13.2 Å². The largest absolute Gasteiger partial charge is 0.381 e. The highest BCUT2D eigenvalue weighted by Gasteiger charge is 2.21. The highest BCUT2D eigenvalue weighted by Crippen LogP contribution is 2.16. The summed E-state index contributed by atoms with van der Waals surface area (Å²) in [5.74, 6) is 0.359. The van der Waals surface area contributed by atoms with Crippen LogP contribution < -0.4 is 4.72 Å². The zero-order valence-corrected chi connectivity index (χ0v) is 13.5. The van der Waals surface area contributed by atoms with Crippen LogP contribution in [-0.4, -0.2) is 36.8 Å². The minimum absolute atomic E-state index is 0.169. The number of hydrogen-bond acceptors (Lipinski definition) is 4. The van der Waals surface area contributed by atoms with Crippen LogP contribution in [0.15, 0.2) is 24.4 Å². The Bertz CT molecular complexity index is 748. The Labute approximate surface area is 130 Å². The van der Waals surface area contributed by atoms with Crippen molar-refractivity contribution in [2.24, 2.45) is 5.92 Å². The predicted octanol–water partition coefficient (Wildman–Crippen LogP) is 1.49. The highest BCUT2D eigenvalue weighted by atomic mass is 32.2. The molecule has 1 fully saturated rings. The van der Waals surface area contributed by atoms with E-state index in [0.29, 0.717) is 13.2 Å². The van der Waals surface area contributed by atoms with Crippen molar-refractivity contribution >= 4 is 15.7 Å². The van der Waals surface area contributed by atoms with Crippen molar-refractivity contribution in [1.29, 1.82) is 0 Å². The number of aromatic nitrogens is 2. The first-order valence-electron chi connectivity index (χ1n) is 7.52. The lowest BCUT2D eigenvalue weighted by Gasteiger charge is -2.21. The van der Waals surface area contributed by atoms with E-state index in [1.165, 1.54) is 0 Å². The molecule has 120 valence electrons. The van der Waals surface area contributed by atoms with Gasteiger partial charge in [0.1, 0.15) is 5.65 Å². The molecule has 2 aromatic heterocycles. The number of ether oxygens (including phenoxy) is 1. The van der Waals surface area contributed by atoms with E-state index in [-0.39, 0.29) is 18.2 Å². The standard InChI is InChI=1S/C15H21N3O3S/c1-12-3-2-4-15-17-14(10-18(12)15)9-16-22(19,20)11-13-5-7-21-8-6-13/h2-4,10,13,16H,5-9,11H2,1H3. The fraction of sp³-hybridized carbons (Fsp3) is 0.533. The first-order valence-corrected chi connectivity index (χ1v) is 9.17. The Hall–Kier alpha value is -1.44. The van der Waals surface area contributed by atoms with Gasteiger partial charge < -0.3 is 9.14 Å². The average Bonchev–Trinajstić information content (AvgIpc) is 2.91. The predicted molar refractivity (Wildman–Crippen MR) is 84.1 cm³/mol. The molecular weight excluding hydrogens is 302 g/mol. The number of imidazole rings is 1. The molecule has 0 spiro atoms. The maximum absolute atomic E-state index is 12.2. The number of fused-ring (bicyclic) bond motifs is 1. The molecule has 0 radical (unpaired) electrons. The lowest BCUT2D eigenvalue weighted by molar-refractivity contribution is 0.0723. The molecule has 0 aliphatic carbocycles. The molecule has 1 saturated heterocycles. The summed E-state index contributed by atoms with van der Waals surface area (Å²) in [5.41, 5.74) is 2.63. The summed E-state index contributed by atoms with van der Waals surface area (Å²) < 4.78 is 34.2. The Balaban J connectivity index is 1.63. The number of nitrogens with one attached hydrogen (secondary N) is 1. The lowest BCUT2D eigenvalue weighted by Crippen LogP contribution is -2.32. The SMILES string of the molecule is Cc1cccc2nc(CNS(=O)(=O)CC3CCOCC3)cn12. The van der Waals surface area contributed by atoms with Crippen molar-refractivity contribution in [3.8, 4) is 0 Å². The summed E-state index contributed by atoms with van der Waals surface area (Å²) in [6.45, 7) is 3.54. The van der Waals surface area contributed by atoms with Gasteiger partial charge in [0.25, 0.3) is 0 Å². The Morgan fingerprint density at radius 1 is 1.36 bits per heavy atom. The molecule has 2 aromatic rings. The Morgan fingerprint density at radius 3 is 2.86 bits per heavy atom. The third kappa shape index (κ3) is 3.66. The van der Waals surface area contributed by atoms with Gasteiger partial charge in [0, 0.05) is 25.1 Å². The Kier molecular flexibility index (Phi) is 4.46. The van der Waals surface area contributed by atoms with Crippen LogP contribution >= 0.6 is 0 Å². The molecule has 3 heterocycles. The fourth-order valence-corrected chi connectivity index (χ4v) is 4.19. The molecule has 0 atom stereocenters. The molecular formula is C15H21N3O3S. The summed E-state index contributed by atoms with van der Waals surface area (Å²) in [7, 11) is -3.28. The molecule has 1 N–H and O–H groups in total. The van der Waals surface area contributed by atoms with Crippen LogP contribution in [0.5, 0.6) is 0 Å². The first-order chi connectivity index (χ1) is 10.5. The monoisotopic (exact) mass is 323 g/mol. The highest BCUT2D eigenvalue weighted by molar-refractivity contribution is 7.89. The topological polar surface area (TPSA) is 72.7 Å². The van der Waals surface area contributed by atoms with E-state index in [4.69, 9.17) is 4.74 Å². The summed E-state index contributed by atoms with van der Waals surface area (Å²) in [6, 6.07) is 5.84. The van der Waals surface area contributed by atoms with Gasteiger partial charge in [-0.2, -0.15) is 0 Å². The van der Waals surface area contributed by atoms with Crippen molar-refractivity contribution in [1.82, 2.24) is 14.1 Å². The van der Waals surface area contributed by atoms with E-state index in [1.54, 1.807) is 0 Å². The maximum atomic E-state index is 12.2. The minimum Gasteiger partial charge on any atom is -0.381 e. The molecule has 0 aromatic carbocycles. The molecule has 0 saturated carbocycles. The van der Waals surface area contributed by atoms with Crippen LogP contribution in [0, 0.1) is 12.8 Å². The average molecular weight is 323 g/mol. The quantitative estimate of drug-likeness (QED) is 0.905. The number of sulfonamides is 1. The molecule has 7 heteroatoms. The van der Waals surface area contributed by atoms with E-state index in [1.807, 2.05) is 35.7 Å². The van der Waals surface area contributed by atoms with Crippen molar-refractivity contribution in [2.45, 2.75) is 26.3 Å². The number of hydrogen-bond donors (Lipinski definition) is 1.